The molecule has 2 N–H and O–H groups in total. The molecule has 1 fully saturated rings. The molecule has 0 saturated heterocycles. The lowest BCUT2D eigenvalue weighted by Crippen LogP contribution is -2.76. The Labute approximate surface area is 142 Å². The Balaban J connectivity index is 1.94. The van der Waals surface area contributed by atoms with Gasteiger partial charge in [0, 0.05) is 44.1 Å². The van der Waals surface area contributed by atoms with Crippen LogP contribution >= 0.6 is 0 Å². The molecule has 132 valence electrons. The van der Waals surface area contributed by atoms with Crippen LogP contribution in [0.15, 0.2) is 10.2 Å². The molecule has 2 unspecified atom stereocenters. The summed E-state index contributed by atoms with van der Waals surface area (Å²) in [6.07, 6.45) is 7.12. The summed E-state index contributed by atoms with van der Waals surface area (Å²) in [4.78, 5) is 24.1. The SMILES string of the molecule is C#CCCC1(CCC(=O)NC2(C(=O)O)CC(OCC)C2(C)C)N=N1. The fraction of sp³-hybridized carbons (Fsp3) is 0.765. The van der Waals surface area contributed by atoms with E-state index in [0.29, 0.717) is 25.9 Å². The zero-order valence-corrected chi connectivity index (χ0v) is 14.5. The van der Waals surface area contributed by atoms with E-state index in [2.05, 4.69) is 21.5 Å². The van der Waals surface area contributed by atoms with E-state index in [1.165, 1.54) is 0 Å². The molecule has 1 amide bonds. The average molecular weight is 335 g/mol. The number of nitrogens with one attached hydrogen (secondary N) is 1. The lowest BCUT2D eigenvalue weighted by Gasteiger charge is -2.58. The van der Waals surface area contributed by atoms with Crippen molar-refractivity contribution in [1.29, 1.82) is 0 Å². The van der Waals surface area contributed by atoms with E-state index < -0.39 is 22.6 Å². The van der Waals surface area contributed by atoms with Gasteiger partial charge < -0.3 is 15.2 Å². The second-order valence-corrected chi connectivity index (χ2v) is 7.02. The van der Waals surface area contributed by atoms with Gasteiger partial charge in [0.15, 0.2) is 5.66 Å². The molecule has 7 heteroatoms. The number of ether oxygens (including phenoxy) is 1. The lowest BCUT2D eigenvalue weighted by atomic mass is 9.54. The summed E-state index contributed by atoms with van der Waals surface area (Å²) in [6, 6.07) is 0. The van der Waals surface area contributed by atoms with E-state index in [1.807, 2.05) is 20.8 Å². The molecule has 0 aromatic rings. The molecule has 2 atom stereocenters. The third-order valence-electron chi connectivity index (χ3n) is 5.29. The first kappa shape index (κ1) is 18.4. The van der Waals surface area contributed by atoms with Crippen LogP contribution < -0.4 is 5.32 Å². The van der Waals surface area contributed by atoms with Crippen LogP contribution in [0.5, 0.6) is 0 Å². The highest BCUT2D eigenvalue weighted by atomic mass is 16.5. The number of hydrogen-bond donors (Lipinski definition) is 2. The second-order valence-electron chi connectivity index (χ2n) is 7.02. The minimum atomic E-state index is -1.30. The van der Waals surface area contributed by atoms with Crippen molar-refractivity contribution < 1.29 is 19.4 Å². The van der Waals surface area contributed by atoms with Gasteiger partial charge >= 0.3 is 5.97 Å². The monoisotopic (exact) mass is 335 g/mol. The summed E-state index contributed by atoms with van der Waals surface area (Å²) in [6.45, 7) is 6.00. The van der Waals surface area contributed by atoms with E-state index in [1.54, 1.807) is 0 Å². The molecule has 7 nitrogen and oxygen atoms in total. The Bertz CT molecular complexity index is 587. The van der Waals surface area contributed by atoms with E-state index in [0.717, 1.165) is 0 Å². The topological polar surface area (TPSA) is 100 Å². The summed E-state index contributed by atoms with van der Waals surface area (Å²) in [5.74, 6) is 1.20. The molecular formula is C17H25N3O4. The van der Waals surface area contributed by atoms with Gasteiger partial charge in [-0.3, -0.25) is 4.79 Å². The summed E-state index contributed by atoms with van der Waals surface area (Å²) in [7, 11) is 0. The van der Waals surface area contributed by atoms with Gasteiger partial charge in [-0.15, -0.1) is 12.3 Å². The number of rotatable bonds is 9. The molecule has 0 aromatic carbocycles. The van der Waals surface area contributed by atoms with Crippen molar-refractivity contribution in [3.8, 4) is 12.3 Å². The Kier molecular flexibility index (Phi) is 5.00. The molecule has 2 aliphatic rings. The predicted molar refractivity (Wildman–Crippen MR) is 87.2 cm³/mol. The molecule has 1 aliphatic heterocycles. The van der Waals surface area contributed by atoms with Gasteiger partial charge in [-0.05, 0) is 6.92 Å². The number of aliphatic carboxylic acids is 1. The Morgan fingerprint density at radius 3 is 2.50 bits per heavy atom. The van der Waals surface area contributed by atoms with Crippen LogP contribution in [0.4, 0.5) is 0 Å². The van der Waals surface area contributed by atoms with Gasteiger partial charge in [-0.25, -0.2) is 4.79 Å². The maximum atomic E-state index is 12.3. The quantitative estimate of drug-likeness (QED) is 0.630. The zero-order chi connectivity index (χ0) is 18.0. The maximum absolute atomic E-state index is 12.3. The first-order valence-electron chi connectivity index (χ1n) is 8.26. The maximum Gasteiger partial charge on any atom is 0.330 e. The van der Waals surface area contributed by atoms with Crippen molar-refractivity contribution in [3.05, 3.63) is 0 Å². The lowest BCUT2D eigenvalue weighted by molar-refractivity contribution is -0.194. The third-order valence-corrected chi connectivity index (χ3v) is 5.29. The molecule has 0 aromatic heterocycles. The van der Waals surface area contributed by atoms with Crippen LogP contribution in [-0.4, -0.2) is 40.9 Å². The van der Waals surface area contributed by atoms with Crippen LogP contribution in [-0.2, 0) is 14.3 Å². The smallest absolute Gasteiger partial charge is 0.330 e. The first-order chi connectivity index (χ1) is 11.2. The standard InChI is InChI=1S/C17H25N3O4/c1-5-7-9-16(19-20-16)10-8-13(21)18-17(14(22)23)11-12(24-6-2)15(17,3)4/h1,12H,6-11H2,2-4H3,(H,18,21)(H,22,23). The molecule has 1 aliphatic carbocycles. The van der Waals surface area contributed by atoms with Crippen LogP contribution in [0.2, 0.25) is 0 Å². The Morgan fingerprint density at radius 2 is 2.04 bits per heavy atom. The normalized spacial score (nSPS) is 28.5. The molecule has 0 radical (unpaired) electrons. The number of carboxylic acid groups (broad SMARTS) is 1. The highest BCUT2D eigenvalue weighted by Gasteiger charge is 2.66. The first-order valence-corrected chi connectivity index (χ1v) is 8.26. The average Bonchev–Trinajstić information content (AvgIpc) is 3.30. The highest BCUT2D eigenvalue weighted by molar-refractivity contribution is 5.89. The van der Waals surface area contributed by atoms with Gasteiger partial charge in [-0.1, -0.05) is 13.8 Å². The van der Waals surface area contributed by atoms with Gasteiger partial charge in [-0.2, -0.15) is 10.2 Å². The van der Waals surface area contributed by atoms with Gasteiger partial charge in [0.1, 0.15) is 5.54 Å². The predicted octanol–water partition coefficient (Wildman–Crippen LogP) is 2.12. The van der Waals surface area contributed by atoms with E-state index in [4.69, 9.17) is 11.2 Å². The van der Waals surface area contributed by atoms with Crippen LogP contribution in [0.25, 0.3) is 0 Å². The number of carbonyl (C=O) groups excluding carboxylic acids is 1. The summed E-state index contributed by atoms with van der Waals surface area (Å²) >= 11 is 0. The van der Waals surface area contributed by atoms with Crippen molar-refractivity contribution in [2.75, 3.05) is 6.61 Å². The molecular weight excluding hydrogens is 310 g/mol. The third kappa shape index (κ3) is 3.16. The molecule has 24 heavy (non-hydrogen) atoms. The highest BCUT2D eigenvalue weighted by Crippen LogP contribution is 2.51. The number of terminal acetylenes is 1. The number of carbonyl (C=O) groups is 2. The number of hydrogen-bond acceptors (Lipinski definition) is 5. The minimum absolute atomic E-state index is 0.169. The Morgan fingerprint density at radius 1 is 1.38 bits per heavy atom. The van der Waals surface area contributed by atoms with Crippen molar-refractivity contribution in [2.24, 2.45) is 15.6 Å². The molecule has 0 spiro atoms. The summed E-state index contributed by atoms with van der Waals surface area (Å²) < 4.78 is 5.59. The van der Waals surface area contributed by atoms with E-state index >= 15 is 0 Å². The fourth-order valence-corrected chi connectivity index (χ4v) is 3.32. The summed E-state index contributed by atoms with van der Waals surface area (Å²) in [5, 5.41) is 20.4. The molecule has 2 rings (SSSR count). The fourth-order valence-electron chi connectivity index (χ4n) is 3.32. The van der Waals surface area contributed by atoms with Crippen LogP contribution in [0.3, 0.4) is 0 Å². The minimum Gasteiger partial charge on any atom is -0.479 e. The largest absolute Gasteiger partial charge is 0.479 e. The molecule has 0 bridgehead atoms. The Hall–Kier alpha value is -1.94. The number of carboxylic acids is 1. The number of amides is 1. The van der Waals surface area contributed by atoms with Crippen LogP contribution in [0, 0.1) is 17.8 Å². The van der Waals surface area contributed by atoms with Crippen molar-refractivity contribution >= 4 is 11.9 Å². The van der Waals surface area contributed by atoms with E-state index in [9.17, 15) is 14.7 Å². The summed E-state index contributed by atoms with van der Waals surface area (Å²) in [5.41, 5.74) is -2.52. The van der Waals surface area contributed by atoms with Crippen molar-refractivity contribution in [1.82, 2.24) is 5.32 Å². The van der Waals surface area contributed by atoms with Crippen LogP contribution in [0.1, 0.15) is 52.9 Å². The second kappa shape index (κ2) is 6.52. The van der Waals surface area contributed by atoms with E-state index in [-0.39, 0.29) is 24.9 Å². The molecule has 1 saturated carbocycles. The zero-order valence-electron chi connectivity index (χ0n) is 14.5. The van der Waals surface area contributed by atoms with Gasteiger partial charge in [0.25, 0.3) is 0 Å². The molecule has 1 heterocycles. The van der Waals surface area contributed by atoms with Crippen molar-refractivity contribution in [3.63, 3.8) is 0 Å². The van der Waals surface area contributed by atoms with Crippen molar-refractivity contribution in [2.45, 2.75) is 70.2 Å². The number of nitrogens with zero attached hydrogens (tertiary/aromatic N) is 2. The van der Waals surface area contributed by atoms with Gasteiger partial charge in [0.05, 0.1) is 6.10 Å². The van der Waals surface area contributed by atoms with Gasteiger partial charge in [0.2, 0.25) is 5.91 Å².